The predicted octanol–water partition coefficient (Wildman–Crippen LogP) is 2.36. The average molecular weight is 254 g/mol. The Hall–Kier alpha value is -1.10. The highest BCUT2D eigenvalue weighted by molar-refractivity contribution is 6.31. The van der Waals surface area contributed by atoms with Crippen LogP contribution < -0.4 is 5.73 Å². The van der Waals surface area contributed by atoms with Crippen molar-refractivity contribution >= 4 is 22.6 Å². The number of aromatic nitrogens is 2. The molecule has 0 saturated heterocycles. The molecule has 4 nitrogen and oxygen atoms in total. The van der Waals surface area contributed by atoms with E-state index in [1.165, 1.54) is 0 Å². The lowest BCUT2D eigenvalue weighted by molar-refractivity contribution is 0.100. The highest BCUT2D eigenvalue weighted by Crippen LogP contribution is 2.24. The molecule has 0 bridgehead atoms. The third-order valence-corrected chi connectivity index (χ3v) is 3.08. The molecule has 1 heterocycles. The van der Waals surface area contributed by atoms with E-state index in [-0.39, 0.29) is 6.10 Å². The Labute approximate surface area is 105 Å². The molecule has 0 saturated carbocycles. The minimum absolute atomic E-state index is 0.180. The first-order valence-corrected chi connectivity index (χ1v) is 5.97. The van der Waals surface area contributed by atoms with Gasteiger partial charge in [-0.05, 0) is 25.1 Å². The maximum Gasteiger partial charge on any atom is 0.140 e. The van der Waals surface area contributed by atoms with Crippen LogP contribution >= 0.6 is 11.6 Å². The summed E-state index contributed by atoms with van der Waals surface area (Å²) in [6, 6.07) is 5.67. The van der Waals surface area contributed by atoms with E-state index in [0.717, 1.165) is 23.4 Å². The van der Waals surface area contributed by atoms with Crippen molar-refractivity contribution in [1.82, 2.24) is 9.55 Å². The summed E-state index contributed by atoms with van der Waals surface area (Å²) in [5.41, 5.74) is 7.62. The SMILES string of the molecule is CCn1c(C(CN)OC)nc2ccc(Cl)cc21. The number of nitrogens with zero attached hydrogens (tertiary/aromatic N) is 2. The molecule has 0 aliphatic carbocycles. The molecule has 2 N–H and O–H groups in total. The number of imidazole rings is 1. The van der Waals surface area contributed by atoms with Crippen LogP contribution in [0.4, 0.5) is 0 Å². The van der Waals surface area contributed by atoms with Gasteiger partial charge in [0.2, 0.25) is 0 Å². The minimum atomic E-state index is -0.180. The molecular weight excluding hydrogens is 238 g/mol. The molecular formula is C12H16ClN3O. The van der Waals surface area contributed by atoms with Crippen molar-refractivity contribution in [2.24, 2.45) is 5.73 Å². The van der Waals surface area contributed by atoms with Gasteiger partial charge in [0.1, 0.15) is 11.9 Å². The molecule has 17 heavy (non-hydrogen) atoms. The second kappa shape index (κ2) is 5.04. The van der Waals surface area contributed by atoms with Gasteiger partial charge in [0, 0.05) is 25.2 Å². The molecule has 1 atom stereocenters. The van der Waals surface area contributed by atoms with Crippen LogP contribution in [0.5, 0.6) is 0 Å². The van der Waals surface area contributed by atoms with Crippen molar-refractivity contribution in [3.63, 3.8) is 0 Å². The number of aryl methyl sites for hydroxylation is 1. The van der Waals surface area contributed by atoms with Crippen LogP contribution in [-0.4, -0.2) is 23.2 Å². The van der Waals surface area contributed by atoms with E-state index >= 15 is 0 Å². The van der Waals surface area contributed by atoms with E-state index in [1.54, 1.807) is 7.11 Å². The number of fused-ring (bicyclic) bond motifs is 1. The third kappa shape index (κ3) is 2.16. The van der Waals surface area contributed by atoms with Crippen LogP contribution in [0.15, 0.2) is 18.2 Å². The molecule has 5 heteroatoms. The zero-order valence-corrected chi connectivity index (χ0v) is 10.7. The molecule has 1 aromatic heterocycles. The van der Waals surface area contributed by atoms with Gasteiger partial charge in [0.25, 0.3) is 0 Å². The molecule has 0 fully saturated rings. The van der Waals surface area contributed by atoms with E-state index in [2.05, 4.69) is 16.5 Å². The highest BCUT2D eigenvalue weighted by atomic mass is 35.5. The van der Waals surface area contributed by atoms with Crippen molar-refractivity contribution < 1.29 is 4.74 Å². The van der Waals surface area contributed by atoms with E-state index < -0.39 is 0 Å². The van der Waals surface area contributed by atoms with Gasteiger partial charge in [0.05, 0.1) is 11.0 Å². The molecule has 1 aromatic carbocycles. The second-order valence-electron chi connectivity index (χ2n) is 3.81. The fourth-order valence-electron chi connectivity index (χ4n) is 2.00. The Kier molecular flexibility index (Phi) is 3.66. The molecule has 2 rings (SSSR count). The predicted molar refractivity (Wildman–Crippen MR) is 69.2 cm³/mol. The third-order valence-electron chi connectivity index (χ3n) is 2.84. The van der Waals surface area contributed by atoms with Gasteiger partial charge in [-0.15, -0.1) is 0 Å². The average Bonchev–Trinajstić information content (AvgIpc) is 2.68. The first-order chi connectivity index (χ1) is 8.21. The Bertz CT molecular complexity index is 520. The number of nitrogens with two attached hydrogens (primary N) is 1. The van der Waals surface area contributed by atoms with Gasteiger partial charge in [-0.25, -0.2) is 4.98 Å². The van der Waals surface area contributed by atoms with E-state index in [4.69, 9.17) is 22.1 Å². The lowest BCUT2D eigenvalue weighted by atomic mass is 10.3. The van der Waals surface area contributed by atoms with Gasteiger partial charge in [-0.2, -0.15) is 0 Å². The Balaban J connectivity index is 2.63. The Morgan fingerprint density at radius 3 is 2.88 bits per heavy atom. The lowest BCUT2D eigenvalue weighted by Gasteiger charge is -2.14. The first-order valence-electron chi connectivity index (χ1n) is 5.59. The quantitative estimate of drug-likeness (QED) is 0.910. The zero-order chi connectivity index (χ0) is 12.4. The maximum absolute atomic E-state index is 6.01. The Morgan fingerprint density at radius 2 is 2.29 bits per heavy atom. The number of halogens is 1. The molecule has 2 aromatic rings. The monoisotopic (exact) mass is 253 g/mol. The van der Waals surface area contributed by atoms with Crippen LogP contribution in [0.2, 0.25) is 5.02 Å². The minimum Gasteiger partial charge on any atom is -0.372 e. The number of benzene rings is 1. The number of hydrogen-bond acceptors (Lipinski definition) is 3. The summed E-state index contributed by atoms with van der Waals surface area (Å²) in [6.07, 6.45) is -0.180. The Morgan fingerprint density at radius 1 is 1.53 bits per heavy atom. The topological polar surface area (TPSA) is 53.1 Å². The van der Waals surface area contributed by atoms with E-state index in [9.17, 15) is 0 Å². The highest BCUT2D eigenvalue weighted by Gasteiger charge is 2.17. The van der Waals surface area contributed by atoms with Crippen molar-refractivity contribution in [2.45, 2.75) is 19.6 Å². The fraction of sp³-hybridized carbons (Fsp3) is 0.417. The van der Waals surface area contributed by atoms with Gasteiger partial charge in [0.15, 0.2) is 0 Å². The van der Waals surface area contributed by atoms with Gasteiger partial charge in [-0.3, -0.25) is 0 Å². The molecule has 0 spiro atoms. The van der Waals surface area contributed by atoms with Crippen LogP contribution in [0.25, 0.3) is 11.0 Å². The van der Waals surface area contributed by atoms with Gasteiger partial charge in [-0.1, -0.05) is 11.6 Å². The van der Waals surface area contributed by atoms with Gasteiger partial charge >= 0.3 is 0 Å². The first kappa shape index (κ1) is 12.4. The standard InChI is InChI=1S/C12H16ClN3O/c1-3-16-10-6-8(13)4-5-9(10)15-12(16)11(7-14)17-2/h4-6,11H,3,7,14H2,1-2H3. The zero-order valence-electron chi connectivity index (χ0n) is 9.98. The summed E-state index contributed by atoms with van der Waals surface area (Å²) < 4.78 is 7.43. The van der Waals surface area contributed by atoms with Crippen LogP contribution in [0, 0.1) is 0 Å². The van der Waals surface area contributed by atoms with Crippen molar-refractivity contribution in [2.75, 3.05) is 13.7 Å². The summed E-state index contributed by atoms with van der Waals surface area (Å²) in [4.78, 5) is 4.57. The molecule has 1 unspecified atom stereocenters. The molecule has 0 aliphatic rings. The number of hydrogen-bond donors (Lipinski definition) is 1. The summed E-state index contributed by atoms with van der Waals surface area (Å²) in [7, 11) is 1.64. The summed E-state index contributed by atoms with van der Waals surface area (Å²) >= 11 is 6.01. The molecule has 0 aliphatic heterocycles. The van der Waals surface area contributed by atoms with Crippen LogP contribution in [0.3, 0.4) is 0 Å². The smallest absolute Gasteiger partial charge is 0.140 e. The number of rotatable bonds is 4. The molecule has 0 radical (unpaired) electrons. The molecule has 92 valence electrons. The summed E-state index contributed by atoms with van der Waals surface area (Å²) in [6.45, 7) is 3.29. The summed E-state index contributed by atoms with van der Waals surface area (Å²) in [5, 5.41) is 0.709. The summed E-state index contributed by atoms with van der Waals surface area (Å²) in [5.74, 6) is 0.856. The van der Waals surface area contributed by atoms with E-state index in [0.29, 0.717) is 11.6 Å². The number of ether oxygens (including phenoxy) is 1. The molecule has 0 amide bonds. The maximum atomic E-state index is 6.01. The second-order valence-corrected chi connectivity index (χ2v) is 4.24. The van der Waals surface area contributed by atoms with Crippen molar-refractivity contribution in [3.05, 3.63) is 29.0 Å². The number of methoxy groups -OCH3 is 1. The van der Waals surface area contributed by atoms with Crippen molar-refractivity contribution in [1.29, 1.82) is 0 Å². The van der Waals surface area contributed by atoms with E-state index in [1.807, 2.05) is 18.2 Å². The van der Waals surface area contributed by atoms with Gasteiger partial charge < -0.3 is 15.0 Å². The largest absolute Gasteiger partial charge is 0.372 e. The van der Waals surface area contributed by atoms with Crippen molar-refractivity contribution in [3.8, 4) is 0 Å². The lowest BCUT2D eigenvalue weighted by Crippen LogP contribution is -2.18. The van der Waals surface area contributed by atoms with Crippen LogP contribution in [-0.2, 0) is 11.3 Å². The van der Waals surface area contributed by atoms with Crippen LogP contribution in [0.1, 0.15) is 18.9 Å². The normalized spacial score (nSPS) is 13.2. The fourth-order valence-corrected chi connectivity index (χ4v) is 2.17.